The van der Waals surface area contributed by atoms with Gasteiger partial charge in [0.25, 0.3) is 5.69 Å². The average Bonchev–Trinajstić information content (AvgIpc) is 2.53. The van der Waals surface area contributed by atoms with Crippen LogP contribution in [0.1, 0.15) is 26.7 Å². The third-order valence-corrected chi connectivity index (χ3v) is 4.15. The molecule has 0 bridgehead atoms. The molecule has 2 amide bonds. The van der Waals surface area contributed by atoms with Crippen LogP contribution in [0.3, 0.4) is 0 Å². The van der Waals surface area contributed by atoms with E-state index in [-0.39, 0.29) is 11.7 Å². The summed E-state index contributed by atoms with van der Waals surface area (Å²) in [6.07, 6.45) is 2.26. The molecule has 0 aromatic heterocycles. The lowest BCUT2D eigenvalue weighted by Gasteiger charge is -2.35. The molecule has 1 saturated heterocycles. The zero-order valence-electron chi connectivity index (χ0n) is 13.6. The molecule has 1 atom stereocenters. The third kappa shape index (κ3) is 5.21. The number of hydrogen-bond acceptors (Lipinski definition) is 4. The fourth-order valence-corrected chi connectivity index (χ4v) is 2.84. The van der Waals surface area contributed by atoms with Crippen LogP contribution in [0.25, 0.3) is 0 Å². The second-order valence-corrected chi connectivity index (χ2v) is 6.24. The lowest BCUT2D eigenvalue weighted by Crippen LogP contribution is -2.44. The molecule has 1 heterocycles. The Labute approximate surface area is 136 Å². The minimum Gasteiger partial charge on any atom is -0.338 e. The summed E-state index contributed by atoms with van der Waals surface area (Å²) < 4.78 is 0. The number of nitro groups is 1. The zero-order chi connectivity index (χ0) is 16.8. The highest BCUT2D eigenvalue weighted by atomic mass is 16.6. The van der Waals surface area contributed by atoms with Crippen molar-refractivity contribution in [2.24, 2.45) is 5.92 Å². The van der Waals surface area contributed by atoms with Gasteiger partial charge >= 0.3 is 6.03 Å². The van der Waals surface area contributed by atoms with E-state index < -0.39 is 4.92 Å². The molecule has 2 N–H and O–H groups in total. The highest BCUT2D eigenvalue weighted by Crippen LogP contribution is 2.18. The van der Waals surface area contributed by atoms with Crippen LogP contribution in [-0.2, 0) is 0 Å². The van der Waals surface area contributed by atoms with Gasteiger partial charge in [-0.25, -0.2) is 4.79 Å². The first-order chi connectivity index (χ1) is 11.0. The Hall–Kier alpha value is -2.15. The summed E-state index contributed by atoms with van der Waals surface area (Å²) in [5.41, 5.74) is 0.381. The summed E-state index contributed by atoms with van der Waals surface area (Å²) in [5, 5.41) is 16.2. The topological polar surface area (TPSA) is 87.5 Å². The van der Waals surface area contributed by atoms with Gasteiger partial charge in [0.2, 0.25) is 0 Å². The van der Waals surface area contributed by atoms with Gasteiger partial charge in [0.05, 0.1) is 4.92 Å². The largest absolute Gasteiger partial charge is 0.338 e. The number of anilines is 1. The van der Waals surface area contributed by atoms with Crippen LogP contribution < -0.4 is 10.6 Å². The van der Waals surface area contributed by atoms with E-state index in [1.807, 2.05) is 0 Å². The zero-order valence-corrected chi connectivity index (χ0v) is 13.6. The van der Waals surface area contributed by atoms with Crippen LogP contribution in [0.2, 0.25) is 0 Å². The average molecular weight is 320 g/mol. The molecule has 23 heavy (non-hydrogen) atoms. The van der Waals surface area contributed by atoms with E-state index in [9.17, 15) is 14.9 Å². The maximum absolute atomic E-state index is 11.9. The van der Waals surface area contributed by atoms with E-state index in [1.165, 1.54) is 12.1 Å². The van der Waals surface area contributed by atoms with Crippen LogP contribution in [0, 0.1) is 16.0 Å². The van der Waals surface area contributed by atoms with Crippen LogP contribution >= 0.6 is 0 Å². The predicted octanol–water partition coefficient (Wildman–Crippen LogP) is 2.84. The number of amides is 2. The molecule has 7 nitrogen and oxygen atoms in total. The van der Waals surface area contributed by atoms with Gasteiger partial charge in [-0.1, -0.05) is 6.07 Å². The highest BCUT2D eigenvalue weighted by Gasteiger charge is 2.21. The van der Waals surface area contributed by atoms with Crippen molar-refractivity contribution in [3.8, 4) is 0 Å². The number of benzene rings is 1. The number of nitrogens with zero attached hydrogens (tertiary/aromatic N) is 2. The second-order valence-electron chi connectivity index (χ2n) is 6.24. The molecule has 1 aromatic carbocycles. The first kappa shape index (κ1) is 17.2. The number of nitro benzene ring substituents is 1. The van der Waals surface area contributed by atoms with Crippen molar-refractivity contribution in [1.29, 1.82) is 0 Å². The van der Waals surface area contributed by atoms with Crippen LogP contribution in [0.4, 0.5) is 16.2 Å². The molecular formula is C16H24N4O3. The molecule has 126 valence electrons. The Morgan fingerprint density at radius 1 is 1.48 bits per heavy atom. The van der Waals surface area contributed by atoms with Crippen molar-refractivity contribution in [3.05, 3.63) is 34.4 Å². The van der Waals surface area contributed by atoms with Crippen LogP contribution in [0.15, 0.2) is 24.3 Å². The SMILES string of the molecule is CC(C)N1CCCC(CNC(=O)Nc2cccc([N+](=O)[O-])c2)C1. The van der Waals surface area contributed by atoms with E-state index in [2.05, 4.69) is 29.4 Å². The number of urea groups is 1. The van der Waals surface area contributed by atoms with Crippen molar-refractivity contribution in [2.45, 2.75) is 32.7 Å². The highest BCUT2D eigenvalue weighted by molar-refractivity contribution is 5.89. The number of non-ortho nitro benzene ring substituents is 1. The number of carbonyl (C=O) groups excluding carboxylic acids is 1. The lowest BCUT2D eigenvalue weighted by molar-refractivity contribution is -0.384. The molecule has 1 aromatic rings. The van der Waals surface area contributed by atoms with Gasteiger partial charge in [0.1, 0.15) is 0 Å². The van der Waals surface area contributed by atoms with Crippen molar-refractivity contribution in [2.75, 3.05) is 25.0 Å². The molecule has 1 fully saturated rings. The summed E-state index contributed by atoms with van der Waals surface area (Å²) in [7, 11) is 0. The molecule has 1 aliphatic heterocycles. The number of carbonyl (C=O) groups is 1. The first-order valence-corrected chi connectivity index (χ1v) is 7.99. The molecular weight excluding hydrogens is 296 g/mol. The Balaban J connectivity index is 1.81. The van der Waals surface area contributed by atoms with E-state index >= 15 is 0 Å². The van der Waals surface area contributed by atoms with Gasteiger partial charge in [-0.2, -0.15) is 0 Å². The molecule has 2 rings (SSSR count). The van der Waals surface area contributed by atoms with E-state index in [0.717, 1.165) is 25.9 Å². The normalized spacial score (nSPS) is 18.7. The Kier molecular flexibility index (Phi) is 5.92. The Morgan fingerprint density at radius 2 is 2.26 bits per heavy atom. The molecule has 1 unspecified atom stereocenters. The smallest absolute Gasteiger partial charge is 0.319 e. The van der Waals surface area contributed by atoms with Crippen molar-refractivity contribution < 1.29 is 9.72 Å². The minimum atomic E-state index is -0.481. The number of nitrogens with one attached hydrogen (secondary N) is 2. The first-order valence-electron chi connectivity index (χ1n) is 7.99. The maximum atomic E-state index is 11.9. The molecule has 0 saturated carbocycles. The monoisotopic (exact) mass is 320 g/mol. The van der Waals surface area contributed by atoms with Gasteiger partial charge in [-0.05, 0) is 45.2 Å². The van der Waals surface area contributed by atoms with E-state index in [1.54, 1.807) is 12.1 Å². The molecule has 0 radical (unpaired) electrons. The molecule has 1 aliphatic rings. The number of likely N-dealkylation sites (tertiary alicyclic amines) is 1. The van der Waals surface area contributed by atoms with Gasteiger partial charge in [-0.3, -0.25) is 10.1 Å². The van der Waals surface area contributed by atoms with Crippen molar-refractivity contribution in [1.82, 2.24) is 10.2 Å². The summed E-state index contributed by atoms with van der Waals surface area (Å²) >= 11 is 0. The minimum absolute atomic E-state index is 0.0392. The van der Waals surface area contributed by atoms with E-state index in [0.29, 0.717) is 24.2 Å². The van der Waals surface area contributed by atoms with Gasteiger partial charge in [0, 0.05) is 37.0 Å². The fraction of sp³-hybridized carbons (Fsp3) is 0.562. The quantitative estimate of drug-likeness (QED) is 0.645. The second kappa shape index (κ2) is 7.92. The maximum Gasteiger partial charge on any atom is 0.319 e. The number of piperidine rings is 1. The van der Waals surface area contributed by atoms with Gasteiger partial charge in [0.15, 0.2) is 0 Å². The molecule has 0 aliphatic carbocycles. The Bertz CT molecular complexity index is 562. The van der Waals surface area contributed by atoms with Gasteiger partial charge in [-0.15, -0.1) is 0 Å². The third-order valence-electron chi connectivity index (χ3n) is 4.15. The van der Waals surface area contributed by atoms with Crippen molar-refractivity contribution >= 4 is 17.4 Å². The standard InChI is InChI=1S/C16H24N4O3/c1-12(2)19-8-4-5-13(11-19)10-17-16(21)18-14-6-3-7-15(9-14)20(22)23/h3,6-7,9,12-13H,4-5,8,10-11H2,1-2H3,(H2,17,18,21). The Morgan fingerprint density at radius 3 is 2.96 bits per heavy atom. The lowest BCUT2D eigenvalue weighted by atomic mass is 9.97. The number of hydrogen-bond donors (Lipinski definition) is 2. The predicted molar refractivity (Wildman–Crippen MR) is 89.6 cm³/mol. The van der Waals surface area contributed by atoms with Crippen molar-refractivity contribution in [3.63, 3.8) is 0 Å². The summed E-state index contributed by atoms with van der Waals surface area (Å²) in [4.78, 5) is 24.6. The number of rotatable bonds is 5. The van der Waals surface area contributed by atoms with E-state index in [4.69, 9.17) is 0 Å². The fourth-order valence-electron chi connectivity index (χ4n) is 2.84. The van der Waals surface area contributed by atoms with Gasteiger partial charge < -0.3 is 15.5 Å². The summed E-state index contributed by atoms with van der Waals surface area (Å²) in [5.74, 6) is 0.446. The molecule has 0 spiro atoms. The van der Waals surface area contributed by atoms with Crippen LogP contribution in [0.5, 0.6) is 0 Å². The summed E-state index contributed by atoms with van der Waals surface area (Å²) in [6.45, 7) is 7.10. The summed E-state index contributed by atoms with van der Waals surface area (Å²) in [6, 6.07) is 6.12. The molecule has 7 heteroatoms. The van der Waals surface area contributed by atoms with Crippen LogP contribution in [-0.4, -0.2) is 41.5 Å².